The molecule has 316 valence electrons. The zero-order valence-electron chi connectivity index (χ0n) is 37.1. The third-order valence-electron chi connectivity index (χ3n) is 14.9. The summed E-state index contributed by atoms with van der Waals surface area (Å²) in [5.74, 6) is 0. The van der Waals surface area contributed by atoms with Gasteiger partial charge in [-0.3, -0.25) is 0 Å². The Labute approximate surface area is 388 Å². The fraction of sp³-hybridized carbons (Fsp3) is 0.0625. The van der Waals surface area contributed by atoms with Crippen molar-refractivity contribution in [2.75, 3.05) is 4.90 Å². The van der Waals surface area contributed by atoms with Crippen LogP contribution in [-0.2, 0) is 10.8 Å². The summed E-state index contributed by atoms with van der Waals surface area (Å²) in [6, 6.07) is 82.0. The molecule has 0 atom stereocenters. The molecule has 0 saturated heterocycles. The lowest BCUT2D eigenvalue weighted by molar-refractivity contribution is 0.660. The Bertz CT molecular complexity index is 3910. The summed E-state index contributed by atoms with van der Waals surface area (Å²) in [6.07, 6.45) is 0. The van der Waals surface area contributed by atoms with E-state index in [0.29, 0.717) is 0 Å². The molecule has 2 aliphatic rings. The van der Waals surface area contributed by atoms with Gasteiger partial charge in [0.15, 0.2) is 0 Å². The van der Waals surface area contributed by atoms with Gasteiger partial charge in [0.1, 0.15) is 22.3 Å². The average Bonchev–Trinajstić information content (AvgIpc) is 4.09. The molecule has 3 heteroatoms. The van der Waals surface area contributed by atoms with Crippen molar-refractivity contribution in [2.24, 2.45) is 0 Å². The second-order valence-electron chi connectivity index (χ2n) is 18.7. The molecule has 2 aliphatic carbocycles. The van der Waals surface area contributed by atoms with Gasteiger partial charge >= 0.3 is 0 Å². The first-order valence-electron chi connectivity index (χ1n) is 23.2. The molecule has 0 amide bonds. The third kappa shape index (κ3) is 5.28. The second kappa shape index (κ2) is 14.1. The summed E-state index contributed by atoms with van der Waals surface area (Å²) in [6.45, 7) is 4.73. The van der Waals surface area contributed by atoms with Gasteiger partial charge in [0, 0.05) is 49.5 Å². The van der Waals surface area contributed by atoms with Gasteiger partial charge in [0.2, 0.25) is 0 Å². The number of nitrogens with zero attached hydrogens (tertiary/aromatic N) is 1. The van der Waals surface area contributed by atoms with Crippen LogP contribution in [0.25, 0.3) is 77.3 Å². The van der Waals surface area contributed by atoms with Crippen LogP contribution in [0.3, 0.4) is 0 Å². The fourth-order valence-corrected chi connectivity index (χ4v) is 12.0. The highest BCUT2D eigenvalue weighted by atomic mass is 16.3. The summed E-state index contributed by atoms with van der Waals surface area (Å²) in [5, 5.41) is 4.17. The fourth-order valence-electron chi connectivity index (χ4n) is 12.0. The van der Waals surface area contributed by atoms with Gasteiger partial charge in [0.05, 0.1) is 11.1 Å². The number of furan rings is 2. The molecule has 0 N–H and O–H groups in total. The molecule has 3 nitrogen and oxygen atoms in total. The smallest absolute Gasteiger partial charge is 0.143 e. The van der Waals surface area contributed by atoms with Crippen molar-refractivity contribution in [3.8, 4) is 33.4 Å². The Balaban J connectivity index is 1.03. The Morgan fingerprint density at radius 2 is 0.910 bits per heavy atom. The Kier molecular flexibility index (Phi) is 7.95. The number of hydrogen-bond donors (Lipinski definition) is 0. The van der Waals surface area contributed by atoms with Crippen molar-refractivity contribution in [1.29, 1.82) is 0 Å². The maximum Gasteiger partial charge on any atom is 0.143 e. The summed E-state index contributed by atoms with van der Waals surface area (Å²) in [4.78, 5) is 2.49. The quantitative estimate of drug-likeness (QED) is 0.167. The molecule has 67 heavy (non-hydrogen) atoms. The van der Waals surface area contributed by atoms with Crippen LogP contribution in [0.15, 0.2) is 233 Å². The summed E-state index contributed by atoms with van der Waals surface area (Å²) in [7, 11) is 0. The largest absolute Gasteiger partial charge is 0.456 e. The van der Waals surface area contributed by atoms with Gasteiger partial charge in [-0.25, -0.2) is 0 Å². The number of fused-ring (bicyclic) bond motifs is 12. The van der Waals surface area contributed by atoms with Crippen LogP contribution in [0.4, 0.5) is 17.1 Å². The van der Waals surface area contributed by atoms with Gasteiger partial charge < -0.3 is 13.7 Å². The predicted octanol–water partition coefficient (Wildman–Crippen LogP) is 17.3. The number of para-hydroxylation sites is 1. The number of hydrogen-bond acceptors (Lipinski definition) is 3. The van der Waals surface area contributed by atoms with Gasteiger partial charge in [-0.15, -0.1) is 0 Å². The van der Waals surface area contributed by atoms with E-state index < -0.39 is 5.41 Å². The van der Waals surface area contributed by atoms with Crippen molar-refractivity contribution < 1.29 is 8.83 Å². The second-order valence-corrected chi connectivity index (χ2v) is 18.7. The molecule has 0 bridgehead atoms. The minimum absolute atomic E-state index is 0.183. The van der Waals surface area contributed by atoms with E-state index in [9.17, 15) is 0 Å². The predicted molar refractivity (Wildman–Crippen MR) is 276 cm³/mol. The lowest BCUT2D eigenvalue weighted by Gasteiger charge is -2.34. The van der Waals surface area contributed by atoms with E-state index in [4.69, 9.17) is 8.83 Å². The van der Waals surface area contributed by atoms with Crippen LogP contribution < -0.4 is 4.90 Å². The molecule has 0 fully saturated rings. The van der Waals surface area contributed by atoms with Crippen LogP contribution in [0.1, 0.15) is 47.2 Å². The van der Waals surface area contributed by atoms with Crippen molar-refractivity contribution in [2.45, 2.75) is 24.7 Å². The lowest BCUT2D eigenvalue weighted by Crippen LogP contribution is -2.28. The van der Waals surface area contributed by atoms with Gasteiger partial charge in [-0.1, -0.05) is 190 Å². The van der Waals surface area contributed by atoms with E-state index in [1.807, 2.05) is 6.07 Å². The minimum atomic E-state index is -0.541. The van der Waals surface area contributed by atoms with Crippen molar-refractivity contribution in [3.05, 3.63) is 258 Å². The standard InChI is InChI=1S/C64H43NO2/c1-63(2)53-28-14-12-24-46(53)47-34-32-44(37-56(47)63)65(57-31-17-30-55-61(57)49-25-13-15-29-54(49)64(55,41-20-8-4-9-21-41)42-22-10-5-11-23-42)43-33-35-58-50(36-43)52-39-60-51(38-59(52)66-58)48-27-16-26-45(62(48)67-60)40-18-6-3-7-19-40/h3-39H,1-2H3. The maximum atomic E-state index is 6.79. The molecule has 0 unspecified atom stereocenters. The van der Waals surface area contributed by atoms with E-state index in [2.05, 4.69) is 237 Å². The molecule has 2 heterocycles. The molecule has 0 saturated carbocycles. The highest BCUT2D eigenvalue weighted by Crippen LogP contribution is 2.60. The summed E-state index contributed by atoms with van der Waals surface area (Å²) in [5.41, 5.74) is 20.9. The van der Waals surface area contributed by atoms with Crippen molar-refractivity contribution >= 4 is 60.9 Å². The average molecular weight is 858 g/mol. The highest BCUT2D eigenvalue weighted by Gasteiger charge is 2.47. The number of anilines is 3. The zero-order chi connectivity index (χ0) is 44.4. The molecule has 0 radical (unpaired) electrons. The molecule has 0 aliphatic heterocycles. The normalized spacial score (nSPS) is 14.1. The van der Waals surface area contributed by atoms with Crippen LogP contribution >= 0.6 is 0 Å². The van der Waals surface area contributed by atoms with Crippen LogP contribution in [0.2, 0.25) is 0 Å². The maximum absolute atomic E-state index is 6.79. The summed E-state index contributed by atoms with van der Waals surface area (Å²) >= 11 is 0. The molecule has 14 rings (SSSR count). The first-order valence-corrected chi connectivity index (χ1v) is 23.2. The minimum Gasteiger partial charge on any atom is -0.456 e. The van der Waals surface area contributed by atoms with Crippen molar-refractivity contribution in [3.63, 3.8) is 0 Å². The van der Waals surface area contributed by atoms with Crippen LogP contribution in [-0.4, -0.2) is 0 Å². The molecular formula is C64H43NO2. The zero-order valence-corrected chi connectivity index (χ0v) is 37.1. The van der Waals surface area contributed by atoms with Crippen LogP contribution in [0, 0.1) is 0 Å². The molecule has 2 aromatic heterocycles. The molecule has 0 spiro atoms. The molecular weight excluding hydrogens is 815 g/mol. The van der Waals surface area contributed by atoms with Crippen LogP contribution in [0.5, 0.6) is 0 Å². The Morgan fingerprint density at radius 1 is 0.358 bits per heavy atom. The first kappa shape index (κ1) is 37.9. The number of benzene rings is 10. The topological polar surface area (TPSA) is 29.5 Å². The molecule has 10 aromatic carbocycles. The molecule has 12 aromatic rings. The Hall–Kier alpha value is -8.40. The highest BCUT2D eigenvalue weighted by molar-refractivity contribution is 6.17. The van der Waals surface area contributed by atoms with Crippen molar-refractivity contribution in [1.82, 2.24) is 0 Å². The Morgan fingerprint density at radius 3 is 1.67 bits per heavy atom. The number of rotatable bonds is 6. The lowest BCUT2D eigenvalue weighted by atomic mass is 9.68. The first-order chi connectivity index (χ1) is 33.0. The van der Waals surface area contributed by atoms with E-state index in [1.165, 1.54) is 55.6 Å². The van der Waals surface area contributed by atoms with E-state index >= 15 is 0 Å². The van der Waals surface area contributed by atoms with Gasteiger partial charge in [-0.2, -0.15) is 0 Å². The monoisotopic (exact) mass is 857 g/mol. The SMILES string of the molecule is CC1(C)c2ccccc2-c2ccc(N(c3ccc4oc5cc6c(cc5c4c3)oc3c(-c4ccccc4)cccc36)c3cccc4c3-c3ccccc3C4(c3ccccc3)c3ccccc3)cc21. The van der Waals surface area contributed by atoms with E-state index in [1.54, 1.807) is 0 Å². The summed E-state index contributed by atoms with van der Waals surface area (Å²) < 4.78 is 13.5. The van der Waals surface area contributed by atoms with Gasteiger partial charge in [-0.05, 0) is 104 Å². The van der Waals surface area contributed by atoms with E-state index in [0.717, 1.165) is 72.1 Å². The third-order valence-corrected chi connectivity index (χ3v) is 14.9. The van der Waals surface area contributed by atoms with E-state index in [-0.39, 0.29) is 5.41 Å². The van der Waals surface area contributed by atoms with Gasteiger partial charge in [0.25, 0.3) is 0 Å².